The van der Waals surface area contributed by atoms with Gasteiger partial charge in [-0.05, 0) is 56.2 Å². The van der Waals surface area contributed by atoms with Crippen LogP contribution >= 0.6 is 0 Å². The smallest absolute Gasteiger partial charge is 0.251 e. The molecule has 0 fully saturated rings. The summed E-state index contributed by atoms with van der Waals surface area (Å²) < 4.78 is 1.86. The first kappa shape index (κ1) is 17.7. The second-order valence-electron chi connectivity index (χ2n) is 6.38. The molecule has 0 aliphatic heterocycles. The molecule has 1 amide bonds. The fraction of sp³-hybridized carbons (Fsp3) is 0.250. The maximum absolute atomic E-state index is 12.4. The van der Waals surface area contributed by atoms with Crippen LogP contribution in [0.15, 0.2) is 54.9 Å². The molecule has 2 heterocycles. The van der Waals surface area contributed by atoms with Crippen LogP contribution < -0.4 is 11.1 Å². The third-order valence-corrected chi connectivity index (χ3v) is 4.29. The number of rotatable bonds is 6. The Morgan fingerprint density at radius 1 is 1.23 bits per heavy atom. The summed E-state index contributed by atoms with van der Waals surface area (Å²) in [7, 11) is 0. The number of pyridine rings is 1. The van der Waals surface area contributed by atoms with Crippen molar-refractivity contribution in [1.82, 2.24) is 20.1 Å². The lowest BCUT2D eigenvalue weighted by Crippen LogP contribution is -2.33. The number of nitrogens with one attached hydrogen (secondary N) is 1. The SMILES string of the molecule is Cc1nc(N)ccc1-c1ccc(C(=O)N[C@H](C)CCn2cccn2)cc1. The molecule has 3 aromatic rings. The molecular formula is C20H23N5O. The van der Waals surface area contributed by atoms with Crippen LogP contribution in [-0.4, -0.2) is 26.7 Å². The normalized spacial score (nSPS) is 11.9. The van der Waals surface area contributed by atoms with Gasteiger partial charge in [-0.1, -0.05) is 12.1 Å². The van der Waals surface area contributed by atoms with Gasteiger partial charge in [-0.2, -0.15) is 5.10 Å². The zero-order valence-electron chi connectivity index (χ0n) is 15.0. The predicted octanol–water partition coefficient (Wildman–Crippen LogP) is 3.04. The third-order valence-electron chi connectivity index (χ3n) is 4.29. The standard InChI is InChI=1S/C20H23N5O/c1-14(10-13-25-12-3-11-22-25)23-20(26)17-6-4-16(5-7-17)18-8-9-19(21)24-15(18)2/h3-9,11-12,14H,10,13H2,1-2H3,(H2,21,24)(H,23,26)/t14-/m1/s1. The number of aromatic nitrogens is 3. The van der Waals surface area contributed by atoms with Crippen molar-refractivity contribution in [2.75, 3.05) is 5.73 Å². The molecule has 0 saturated carbocycles. The van der Waals surface area contributed by atoms with E-state index < -0.39 is 0 Å². The van der Waals surface area contributed by atoms with E-state index >= 15 is 0 Å². The van der Waals surface area contributed by atoms with E-state index in [1.807, 2.05) is 61.1 Å². The molecule has 0 aliphatic rings. The number of anilines is 1. The number of hydrogen-bond acceptors (Lipinski definition) is 4. The highest BCUT2D eigenvalue weighted by Crippen LogP contribution is 2.23. The highest BCUT2D eigenvalue weighted by molar-refractivity contribution is 5.94. The minimum absolute atomic E-state index is 0.0647. The van der Waals surface area contributed by atoms with E-state index in [-0.39, 0.29) is 11.9 Å². The van der Waals surface area contributed by atoms with Crippen molar-refractivity contribution >= 4 is 11.7 Å². The van der Waals surface area contributed by atoms with Gasteiger partial charge in [0, 0.05) is 41.8 Å². The van der Waals surface area contributed by atoms with E-state index in [0.29, 0.717) is 11.4 Å². The zero-order chi connectivity index (χ0) is 18.5. The van der Waals surface area contributed by atoms with Crippen LogP contribution in [0.2, 0.25) is 0 Å². The van der Waals surface area contributed by atoms with Crippen LogP contribution in [0.3, 0.4) is 0 Å². The molecule has 0 unspecified atom stereocenters. The molecule has 1 atom stereocenters. The molecule has 0 spiro atoms. The van der Waals surface area contributed by atoms with E-state index in [9.17, 15) is 4.79 Å². The molecule has 26 heavy (non-hydrogen) atoms. The summed E-state index contributed by atoms with van der Waals surface area (Å²) in [5, 5.41) is 7.20. The lowest BCUT2D eigenvalue weighted by Gasteiger charge is -2.14. The van der Waals surface area contributed by atoms with Crippen molar-refractivity contribution in [3.05, 3.63) is 66.1 Å². The van der Waals surface area contributed by atoms with Crippen molar-refractivity contribution in [3.8, 4) is 11.1 Å². The minimum atomic E-state index is -0.0725. The van der Waals surface area contributed by atoms with Gasteiger partial charge in [0.1, 0.15) is 5.82 Å². The van der Waals surface area contributed by atoms with Crippen molar-refractivity contribution in [2.24, 2.45) is 0 Å². The second-order valence-corrected chi connectivity index (χ2v) is 6.38. The van der Waals surface area contributed by atoms with Gasteiger partial charge < -0.3 is 11.1 Å². The number of carbonyl (C=O) groups excluding carboxylic acids is 1. The fourth-order valence-electron chi connectivity index (χ4n) is 2.82. The number of hydrogen-bond donors (Lipinski definition) is 2. The Balaban J connectivity index is 1.61. The molecule has 0 radical (unpaired) electrons. The monoisotopic (exact) mass is 349 g/mol. The minimum Gasteiger partial charge on any atom is -0.384 e. The number of nitrogens with zero attached hydrogens (tertiary/aromatic N) is 3. The van der Waals surface area contributed by atoms with E-state index in [1.165, 1.54) is 0 Å². The van der Waals surface area contributed by atoms with Crippen molar-refractivity contribution in [1.29, 1.82) is 0 Å². The summed E-state index contributed by atoms with van der Waals surface area (Å²) >= 11 is 0. The van der Waals surface area contributed by atoms with Crippen LogP contribution in [0.1, 0.15) is 29.4 Å². The fourth-order valence-corrected chi connectivity index (χ4v) is 2.82. The topological polar surface area (TPSA) is 85.8 Å². The molecule has 6 nitrogen and oxygen atoms in total. The summed E-state index contributed by atoms with van der Waals surface area (Å²) in [4.78, 5) is 16.7. The van der Waals surface area contributed by atoms with Gasteiger partial charge in [0.05, 0.1) is 0 Å². The van der Waals surface area contributed by atoms with E-state index in [1.54, 1.807) is 12.3 Å². The van der Waals surface area contributed by atoms with Crippen LogP contribution in [0.25, 0.3) is 11.1 Å². The molecule has 0 bridgehead atoms. The third kappa shape index (κ3) is 4.27. The Morgan fingerprint density at radius 2 is 2.00 bits per heavy atom. The quantitative estimate of drug-likeness (QED) is 0.716. The average Bonchev–Trinajstić information content (AvgIpc) is 3.14. The number of aryl methyl sites for hydroxylation is 2. The maximum atomic E-state index is 12.4. The van der Waals surface area contributed by atoms with Crippen LogP contribution in [-0.2, 0) is 6.54 Å². The van der Waals surface area contributed by atoms with E-state index in [4.69, 9.17) is 5.73 Å². The van der Waals surface area contributed by atoms with Gasteiger partial charge in [0.25, 0.3) is 5.91 Å². The van der Waals surface area contributed by atoms with Crippen LogP contribution in [0.4, 0.5) is 5.82 Å². The first-order valence-electron chi connectivity index (χ1n) is 8.65. The molecule has 0 aliphatic carbocycles. The van der Waals surface area contributed by atoms with E-state index in [2.05, 4.69) is 15.4 Å². The first-order valence-corrected chi connectivity index (χ1v) is 8.65. The number of carbonyl (C=O) groups is 1. The number of nitrogens with two attached hydrogens (primary N) is 1. The number of nitrogen functional groups attached to an aromatic ring is 1. The molecule has 3 rings (SSSR count). The van der Waals surface area contributed by atoms with Crippen LogP contribution in [0.5, 0.6) is 0 Å². The van der Waals surface area contributed by atoms with Crippen molar-refractivity contribution in [3.63, 3.8) is 0 Å². The summed E-state index contributed by atoms with van der Waals surface area (Å²) in [6, 6.07) is 13.2. The van der Waals surface area contributed by atoms with Gasteiger partial charge >= 0.3 is 0 Å². The molecule has 1 aromatic carbocycles. The Labute approximate surface area is 153 Å². The highest BCUT2D eigenvalue weighted by atomic mass is 16.1. The number of benzene rings is 1. The summed E-state index contributed by atoms with van der Waals surface area (Å²) in [5.41, 5.74) is 9.24. The van der Waals surface area contributed by atoms with Gasteiger partial charge in [0.2, 0.25) is 0 Å². The molecule has 2 aromatic heterocycles. The van der Waals surface area contributed by atoms with Gasteiger partial charge in [-0.3, -0.25) is 9.48 Å². The highest BCUT2D eigenvalue weighted by Gasteiger charge is 2.11. The van der Waals surface area contributed by atoms with Crippen LogP contribution in [0, 0.1) is 6.92 Å². The predicted molar refractivity (Wildman–Crippen MR) is 103 cm³/mol. The maximum Gasteiger partial charge on any atom is 0.251 e. The Bertz CT molecular complexity index is 872. The lowest BCUT2D eigenvalue weighted by molar-refractivity contribution is 0.0937. The number of amides is 1. The Hall–Kier alpha value is -3.15. The van der Waals surface area contributed by atoms with Crippen molar-refractivity contribution in [2.45, 2.75) is 32.9 Å². The second kappa shape index (κ2) is 7.82. The van der Waals surface area contributed by atoms with E-state index in [0.717, 1.165) is 29.8 Å². The summed E-state index contributed by atoms with van der Waals surface area (Å²) in [6.45, 7) is 4.70. The molecule has 6 heteroatoms. The zero-order valence-corrected chi connectivity index (χ0v) is 15.0. The van der Waals surface area contributed by atoms with Crippen molar-refractivity contribution < 1.29 is 4.79 Å². The largest absolute Gasteiger partial charge is 0.384 e. The first-order chi connectivity index (χ1) is 12.5. The molecule has 0 saturated heterocycles. The molecule has 3 N–H and O–H groups in total. The van der Waals surface area contributed by atoms with Gasteiger partial charge in [0.15, 0.2) is 0 Å². The summed E-state index contributed by atoms with van der Waals surface area (Å²) in [6.07, 6.45) is 4.49. The molecular weight excluding hydrogens is 326 g/mol. The Kier molecular flexibility index (Phi) is 5.31. The Morgan fingerprint density at radius 3 is 2.65 bits per heavy atom. The molecule has 134 valence electrons. The lowest BCUT2D eigenvalue weighted by atomic mass is 10.0. The van der Waals surface area contributed by atoms with Gasteiger partial charge in [-0.25, -0.2) is 4.98 Å². The van der Waals surface area contributed by atoms with Gasteiger partial charge in [-0.15, -0.1) is 0 Å². The summed E-state index contributed by atoms with van der Waals surface area (Å²) in [5.74, 6) is 0.433. The average molecular weight is 349 g/mol.